The number of amides is 1. The molecular weight excluding hydrogens is 803 g/mol. The minimum Gasteiger partial charge on any atom is -0.466 e. The van der Waals surface area contributed by atoms with Crippen molar-refractivity contribution in [3.63, 3.8) is 0 Å². The average molecular weight is 913 g/mol. The van der Waals surface area contributed by atoms with Gasteiger partial charge in [-0.25, -0.2) is 0 Å². The third-order valence-corrected chi connectivity index (χ3v) is 12.8. The summed E-state index contributed by atoms with van der Waals surface area (Å²) < 4.78 is 5.47. The molecule has 0 aromatic rings. The van der Waals surface area contributed by atoms with Crippen molar-refractivity contribution in [2.24, 2.45) is 0 Å². The minimum absolute atomic E-state index is 0.00280. The second kappa shape index (κ2) is 54.4. The quantitative estimate of drug-likeness (QED) is 0.0321. The molecule has 65 heavy (non-hydrogen) atoms. The molecule has 0 heterocycles. The van der Waals surface area contributed by atoms with Crippen molar-refractivity contribution in [3.05, 3.63) is 48.6 Å². The first-order chi connectivity index (χ1) is 32.0. The van der Waals surface area contributed by atoms with Crippen LogP contribution in [0.4, 0.5) is 0 Å². The van der Waals surface area contributed by atoms with Crippen molar-refractivity contribution in [3.8, 4) is 0 Å². The number of rotatable bonds is 52. The molecule has 0 aromatic heterocycles. The van der Waals surface area contributed by atoms with Crippen LogP contribution in [0.2, 0.25) is 0 Å². The molecule has 1 amide bonds. The monoisotopic (exact) mass is 912 g/mol. The summed E-state index contributed by atoms with van der Waals surface area (Å²) in [6.45, 7) is 4.84. The van der Waals surface area contributed by atoms with E-state index in [-0.39, 0.29) is 18.5 Å². The predicted molar refractivity (Wildman–Crippen MR) is 282 cm³/mol. The number of hydrogen-bond acceptors (Lipinski definition) is 5. The van der Waals surface area contributed by atoms with Gasteiger partial charge < -0.3 is 20.3 Å². The molecule has 2 unspecified atom stereocenters. The topological polar surface area (TPSA) is 95.9 Å². The van der Waals surface area contributed by atoms with Gasteiger partial charge in [0.15, 0.2) is 0 Å². The van der Waals surface area contributed by atoms with Gasteiger partial charge in [0.25, 0.3) is 0 Å². The molecular formula is C59H109NO5. The van der Waals surface area contributed by atoms with Crippen LogP contribution in [0.25, 0.3) is 0 Å². The highest BCUT2D eigenvalue weighted by Crippen LogP contribution is 2.15. The van der Waals surface area contributed by atoms with E-state index in [4.69, 9.17) is 4.74 Å². The molecule has 0 aliphatic heterocycles. The lowest BCUT2D eigenvalue weighted by Crippen LogP contribution is -2.45. The summed E-state index contributed by atoms with van der Waals surface area (Å²) in [5.41, 5.74) is 0. The van der Waals surface area contributed by atoms with Gasteiger partial charge >= 0.3 is 5.97 Å². The Balaban J connectivity index is 3.40. The zero-order valence-electron chi connectivity index (χ0n) is 43.2. The van der Waals surface area contributed by atoms with Crippen LogP contribution in [0.15, 0.2) is 48.6 Å². The highest BCUT2D eigenvalue weighted by molar-refractivity contribution is 5.76. The van der Waals surface area contributed by atoms with Gasteiger partial charge in [0.1, 0.15) is 0 Å². The molecule has 0 aliphatic carbocycles. The normalized spacial score (nSPS) is 13.0. The standard InChI is InChI=1S/C59H109NO5/c1-3-5-7-9-11-13-14-15-26-30-33-37-41-45-49-53-59(64)65-54-50-46-42-38-34-31-28-25-23-21-19-17-16-18-20-22-24-27-29-32-36-40-44-48-52-58(63)60-56(55-61)57(62)51-47-43-39-35-12-10-8-6-4-2/h11,13,15,18,20,26,47,51,56-57,61-62H,3-10,12,14,16-17,19,21-25,27-46,48-50,52-55H2,1-2H3,(H,60,63)/b13-11-,20-18-,26-15-,51-47+. The lowest BCUT2D eigenvalue weighted by molar-refractivity contribution is -0.143. The lowest BCUT2D eigenvalue weighted by Gasteiger charge is -2.20. The van der Waals surface area contributed by atoms with Crippen LogP contribution in [0.1, 0.15) is 290 Å². The van der Waals surface area contributed by atoms with Crippen molar-refractivity contribution in [2.45, 2.75) is 302 Å². The maximum Gasteiger partial charge on any atom is 0.305 e. The van der Waals surface area contributed by atoms with E-state index in [1.807, 2.05) is 6.08 Å². The molecule has 380 valence electrons. The summed E-state index contributed by atoms with van der Waals surface area (Å²) in [7, 11) is 0. The van der Waals surface area contributed by atoms with Crippen LogP contribution in [-0.2, 0) is 14.3 Å². The fourth-order valence-corrected chi connectivity index (χ4v) is 8.42. The summed E-state index contributed by atoms with van der Waals surface area (Å²) >= 11 is 0. The van der Waals surface area contributed by atoms with Gasteiger partial charge in [0, 0.05) is 12.8 Å². The van der Waals surface area contributed by atoms with Gasteiger partial charge in [-0.15, -0.1) is 0 Å². The zero-order chi connectivity index (χ0) is 47.2. The maximum absolute atomic E-state index is 12.4. The lowest BCUT2D eigenvalue weighted by atomic mass is 10.0. The number of carbonyl (C=O) groups excluding carboxylic acids is 2. The molecule has 0 saturated carbocycles. The number of nitrogens with one attached hydrogen (secondary N) is 1. The first kappa shape index (κ1) is 62.8. The fraction of sp³-hybridized carbons (Fsp3) is 0.831. The first-order valence-electron chi connectivity index (χ1n) is 28.4. The van der Waals surface area contributed by atoms with Crippen LogP contribution < -0.4 is 5.32 Å². The summed E-state index contributed by atoms with van der Waals surface area (Å²) in [5, 5.41) is 22.9. The molecule has 0 saturated heterocycles. The van der Waals surface area contributed by atoms with Crippen molar-refractivity contribution in [1.29, 1.82) is 0 Å². The Morgan fingerprint density at radius 3 is 1.22 bits per heavy atom. The molecule has 0 spiro atoms. The van der Waals surface area contributed by atoms with E-state index < -0.39 is 12.1 Å². The smallest absolute Gasteiger partial charge is 0.305 e. The Morgan fingerprint density at radius 1 is 0.431 bits per heavy atom. The zero-order valence-corrected chi connectivity index (χ0v) is 43.2. The minimum atomic E-state index is -0.845. The third kappa shape index (κ3) is 51.1. The Bertz CT molecular complexity index is 1100. The van der Waals surface area contributed by atoms with Gasteiger partial charge in [0.2, 0.25) is 5.91 Å². The molecule has 2 atom stereocenters. The number of ether oxygens (including phenoxy) is 1. The summed E-state index contributed by atoms with van der Waals surface area (Å²) in [6.07, 6.45) is 68.6. The van der Waals surface area contributed by atoms with E-state index in [9.17, 15) is 19.8 Å². The Hall–Kier alpha value is -2.18. The van der Waals surface area contributed by atoms with Crippen LogP contribution >= 0.6 is 0 Å². The SMILES string of the molecule is CCCCC/C=C\C/C=C\CCCCCCCC(=O)OCCCCCCCCCCCCCC/C=C\CCCCCCCCCCC(=O)NC(CO)C(O)/C=C/CCCCCCCCC. The van der Waals surface area contributed by atoms with E-state index in [1.54, 1.807) is 6.08 Å². The molecule has 0 aromatic carbocycles. The van der Waals surface area contributed by atoms with Crippen LogP contribution in [0.3, 0.4) is 0 Å². The third-order valence-electron chi connectivity index (χ3n) is 12.8. The molecule has 6 heteroatoms. The molecule has 0 radical (unpaired) electrons. The maximum atomic E-state index is 12.4. The summed E-state index contributed by atoms with van der Waals surface area (Å²) in [6, 6.07) is -0.629. The Kier molecular flexibility index (Phi) is 52.6. The number of unbranched alkanes of at least 4 members (excludes halogenated alkanes) is 35. The number of hydrogen-bond donors (Lipinski definition) is 3. The second-order valence-corrected chi connectivity index (χ2v) is 19.3. The van der Waals surface area contributed by atoms with Crippen LogP contribution in [-0.4, -0.2) is 47.4 Å². The van der Waals surface area contributed by atoms with Gasteiger partial charge in [0.05, 0.1) is 25.4 Å². The highest BCUT2D eigenvalue weighted by atomic mass is 16.5. The molecule has 0 aliphatic rings. The fourth-order valence-electron chi connectivity index (χ4n) is 8.42. The molecule has 0 fully saturated rings. The second-order valence-electron chi connectivity index (χ2n) is 19.3. The van der Waals surface area contributed by atoms with E-state index in [0.717, 1.165) is 51.4 Å². The molecule has 0 rings (SSSR count). The average Bonchev–Trinajstić information content (AvgIpc) is 3.31. The molecule has 6 nitrogen and oxygen atoms in total. The summed E-state index contributed by atoms with van der Waals surface area (Å²) in [5.74, 6) is -0.0789. The largest absolute Gasteiger partial charge is 0.466 e. The van der Waals surface area contributed by atoms with Crippen molar-refractivity contribution in [1.82, 2.24) is 5.32 Å². The number of esters is 1. The van der Waals surface area contributed by atoms with Crippen LogP contribution in [0.5, 0.6) is 0 Å². The molecule has 0 bridgehead atoms. The first-order valence-corrected chi connectivity index (χ1v) is 28.4. The van der Waals surface area contributed by atoms with E-state index in [0.29, 0.717) is 19.4 Å². The van der Waals surface area contributed by atoms with E-state index >= 15 is 0 Å². The Labute approximate surface area is 404 Å². The number of allylic oxidation sites excluding steroid dienone is 7. The predicted octanol–water partition coefficient (Wildman–Crippen LogP) is 17.4. The van der Waals surface area contributed by atoms with Gasteiger partial charge in [-0.1, -0.05) is 236 Å². The van der Waals surface area contributed by atoms with Crippen molar-refractivity contribution >= 4 is 11.9 Å². The highest BCUT2D eigenvalue weighted by Gasteiger charge is 2.18. The van der Waals surface area contributed by atoms with Crippen molar-refractivity contribution in [2.75, 3.05) is 13.2 Å². The Morgan fingerprint density at radius 2 is 0.769 bits per heavy atom. The summed E-state index contributed by atoms with van der Waals surface area (Å²) in [4.78, 5) is 24.4. The number of aliphatic hydroxyl groups excluding tert-OH is 2. The van der Waals surface area contributed by atoms with E-state index in [1.165, 1.54) is 212 Å². The van der Waals surface area contributed by atoms with Gasteiger partial charge in [-0.3, -0.25) is 9.59 Å². The number of aliphatic hydroxyl groups is 2. The number of carbonyl (C=O) groups is 2. The van der Waals surface area contributed by atoms with E-state index in [2.05, 4.69) is 55.6 Å². The molecule has 3 N–H and O–H groups in total. The van der Waals surface area contributed by atoms with Gasteiger partial charge in [-0.2, -0.15) is 0 Å². The van der Waals surface area contributed by atoms with Gasteiger partial charge in [-0.05, 0) is 89.9 Å². The van der Waals surface area contributed by atoms with Crippen molar-refractivity contribution < 1.29 is 24.5 Å². The van der Waals surface area contributed by atoms with Crippen LogP contribution in [0, 0.1) is 0 Å².